The number of rotatable bonds is 6. The van der Waals surface area contributed by atoms with Crippen LogP contribution in [0.1, 0.15) is 114 Å². The Hall–Kier alpha value is -3.92. The van der Waals surface area contributed by atoms with Crippen molar-refractivity contribution in [3.63, 3.8) is 0 Å². The molecule has 4 aromatic rings. The fourth-order valence-corrected chi connectivity index (χ4v) is 5.10. The van der Waals surface area contributed by atoms with Crippen LogP contribution in [0.15, 0.2) is 70.6 Å². The third-order valence-corrected chi connectivity index (χ3v) is 7.86. The van der Waals surface area contributed by atoms with Crippen molar-refractivity contribution in [2.24, 2.45) is 9.98 Å². The summed E-state index contributed by atoms with van der Waals surface area (Å²) in [6.45, 7) is 21.4. The second kappa shape index (κ2) is 11.8. The van der Waals surface area contributed by atoms with E-state index in [2.05, 4.69) is 93.5 Å². The van der Waals surface area contributed by atoms with Crippen molar-refractivity contribution < 1.29 is 10.2 Å². The Morgan fingerprint density at radius 1 is 0.595 bits per heavy atom. The second-order valence-electron chi connectivity index (χ2n) is 14.0. The van der Waals surface area contributed by atoms with Crippen LogP contribution in [0.25, 0.3) is 10.8 Å². The molecule has 0 saturated carbocycles. The first-order chi connectivity index (χ1) is 19.6. The molecule has 0 radical (unpaired) electrons. The average Bonchev–Trinajstić information content (AvgIpc) is 2.90. The van der Waals surface area contributed by atoms with Gasteiger partial charge in [-0.15, -0.1) is 0 Å². The molecular formula is C38H46N2O2. The molecule has 0 aliphatic carbocycles. The normalized spacial score (nSPS) is 13.0. The highest BCUT2D eigenvalue weighted by Gasteiger charge is 2.21. The van der Waals surface area contributed by atoms with Crippen molar-refractivity contribution in [3.8, 4) is 11.5 Å². The highest BCUT2D eigenvalue weighted by molar-refractivity contribution is 6.04. The summed E-state index contributed by atoms with van der Waals surface area (Å²) in [7, 11) is 0. The second-order valence-corrected chi connectivity index (χ2v) is 14.0. The van der Waals surface area contributed by atoms with E-state index in [9.17, 15) is 10.2 Å². The summed E-state index contributed by atoms with van der Waals surface area (Å²) in [6.07, 6.45) is 3.53. The van der Waals surface area contributed by atoms with Crippen molar-refractivity contribution in [2.45, 2.75) is 91.9 Å². The maximum atomic E-state index is 11.1. The minimum absolute atomic E-state index is 0.0630. The Bertz CT molecular complexity index is 1540. The first kappa shape index (κ1) is 31.0. The van der Waals surface area contributed by atoms with Crippen LogP contribution in [-0.2, 0) is 10.8 Å². The van der Waals surface area contributed by atoms with Crippen molar-refractivity contribution in [2.75, 3.05) is 0 Å². The van der Waals surface area contributed by atoms with Crippen molar-refractivity contribution in [1.82, 2.24) is 0 Å². The summed E-state index contributed by atoms with van der Waals surface area (Å²) in [5.74, 6) is 0.913. The van der Waals surface area contributed by atoms with E-state index >= 15 is 0 Å². The highest BCUT2D eigenvalue weighted by Crippen LogP contribution is 2.38. The van der Waals surface area contributed by atoms with E-state index in [1.165, 1.54) is 0 Å². The number of phenols is 2. The summed E-state index contributed by atoms with van der Waals surface area (Å²) in [5.41, 5.74) is 6.97. The summed E-state index contributed by atoms with van der Waals surface area (Å²) in [6, 6.07) is 20.3. The molecule has 4 rings (SSSR count). The van der Waals surface area contributed by atoms with E-state index in [1.54, 1.807) is 12.4 Å². The van der Waals surface area contributed by atoms with Gasteiger partial charge in [-0.05, 0) is 74.6 Å². The molecule has 0 aliphatic rings. The third-order valence-electron chi connectivity index (χ3n) is 7.86. The molecule has 0 aromatic heterocycles. The Morgan fingerprint density at radius 3 is 1.31 bits per heavy atom. The van der Waals surface area contributed by atoms with Crippen LogP contribution in [0.3, 0.4) is 0 Å². The van der Waals surface area contributed by atoms with Gasteiger partial charge in [-0.1, -0.05) is 106 Å². The van der Waals surface area contributed by atoms with Gasteiger partial charge >= 0.3 is 0 Å². The number of phenolic OH excluding ortho intramolecular Hbond substituents is 2. The van der Waals surface area contributed by atoms with Gasteiger partial charge in [0.2, 0.25) is 0 Å². The predicted molar refractivity (Wildman–Crippen MR) is 180 cm³/mol. The van der Waals surface area contributed by atoms with Crippen LogP contribution < -0.4 is 0 Å². The molecule has 0 aliphatic heterocycles. The maximum Gasteiger partial charge on any atom is 0.127 e. The lowest BCUT2D eigenvalue weighted by Crippen LogP contribution is -2.12. The van der Waals surface area contributed by atoms with Crippen molar-refractivity contribution in [1.29, 1.82) is 0 Å². The lowest BCUT2D eigenvalue weighted by atomic mass is 9.83. The van der Waals surface area contributed by atoms with Crippen molar-refractivity contribution >= 4 is 34.6 Å². The molecule has 220 valence electrons. The molecule has 0 bridgehead atoms. The number of fused-ring (bicyclic) bond motifs is 1. The quantitative estimate of drug-likeness (QED) is 0.230. The monoisotopic (exact) mass is 562 g/mol. The van der Waals surface area contributed by atoms with Crippen molar-refractivity contribution in [3.05, 3.63) is 94.0 Å². The van der Waals surface area contributed by atoms with E-state index in [-0.39, 0.29) is 34.2 Å². The molecule has 4 heteroatoms. The molecule has 0 saturated heterocycles. The molecule has 4 nitrogen and oxygen atoms in total. The predicted octanol–water partition coefficient (Wildman–Crippen LogP) is 10.6. The highest BCUT2D eigenvalue weighted by atomic mass is 16.3. The SMILES string of the molecule is CC(C)c1cc(C(C)(C)C)cc(C=Nc2cccc3cccc(N=Cc4cc(C(C)(C)C)cc(C(C)C)c4O)c23)c1O. The van der Waals surface area contributed by atoms with Gasteiger partial charge < -0.3 is 10.2 Å². The molecule has 2 N–H and O–H groups in total. The zero-order chi connectivity index (χ0) is 31.0. The minimum Gasteiger partial charge on any atom is -0.507 e. The number of aromatic hydroxyl groups is 2. The Balaban J connectivity index is 1.84. The van der Waals surface area contributed by atoms with Gasteiger partial charge in [0.1, 0.15) is 11.5 Å². The van der Waals surface area contributed by atoms with Crippen LogP contribution in [-0.4, -0.2) is 22.6 Å². The zero-order valence-corrected chi connectivity index (χ0v) is 26.9. The Kier molecular flexibility index (Phi) is 8.68. The smallest absolute Gasteiger partial charge is 0.127 e. The third kappa shape index (κ3) is 6.59. The first-order valence-electron chi connectivity index (χ1n) is 14.9. The van der Waals surface area contributed by atoms with E-state index in [0.29, 0.717) is 11.1 Å². The summed E-state index contributed by atoms with van der Waals surface area (Å²) < 4.78 is 0. The fraction of sp³-hybridized carbons (Fsp3) is 0.368. The van der Waals surface area contributed by atoms with Gasteiger partial charge in [0.25, 0.3) is 0 Å². The standard InChI is InChI=1S/C38H46N2O2/c1-23(2)30-19-28(37(5,6)7)17-26(35(30)41)21-39-32-15-11-13-25-14-12-16-33(34(25)32)40-22-27-18-29(38(8,9)10)20-31(24(3)4)36(27)42/h11-24,41-42H,1-10H3. The molecule has 0 heterocycles. The summed E-state index contributed by atoms with van der Waals surface area (Å²) in [4.78, 5) is 9.80. The van der Waals surface area contributed by atoms with Gasteiger partial charge in [-0.2, -0.15) is 0 Å². The van der Waals surface area contributed by atoms with Crippen LogP contribution in [0.5, 0.6) is 11.5 Å². The van der Waals surface area contributed by atoms with E-state index in [4.69, 9.17) is 9.98 Å². The number of hydrogen-bond acceptors (Lipinski definition) is 4. The molecule has 42 heavy (non-hydrogen) atoms. The fourth-order valence-electron chi connectivity index (χ4n) is 5.10. The first-order valence-corrected chi connectivity index (χ1v) is 14.9. The van der Waals surface area contributed by atoms with E-state index < -0.39 is 0 Å². The molecular weight excluding hydrogens is 516 g/mol. The van der Waals surface area contributed by atoms with Gasteiger partial charge in [0, 0.05) is 28.9 Å². The number of aliphatic imine (C=N–C) groups is 2. The van der Waals surface area contributed by atoms with Gasteiger partial charge in [-0.3, -0.25) is 9.98 Å². The van der Waals surface area contributed by atoms with E-state index in [1.807, 2.05) is 36.4 Å². The molecule has 4 aromatic carbocycles. The minimum atomic E-state index is -0.0630. The lowest BCUT2D eigenvalue weighted by Gasteiger charge is -2.23. The Morgan fingerprint density at radius 2 is 0.976 bits per heavy atom. The van der Waals surface area contributed by atoms with Crippen LogP contribution in [0, 0.1) is 0 Å². The summed E-state index contributed by atoms with van der Waals surface area (Å²) in [5, 5.41) is 24.2. The van der Waals surface area contributed by atoms with Crippen LogP contribution >= 0.6 is 0 Å². The number of hydrogen-bond donors (Lipinski definition) is 2. The molecule has 0 fully saturated rings. The van der Waals surface area contributed by atoms with Gasteiger partial charge in [0.15, 0.2) is 0 Å². The lowest BCUT2D eigenvalue weighted by molar-refractivity contribution is 0.461. The van der Waals surface area contributed by atoms with Gasteiger partial charge in [-0.25, -0.2) is 0 Å². The molecule has 0 atom stereocenters. The molecule has 0 spiro atoms. The van der Waals surface area contributed by atoms with Crippen LogP contribution in [0.2, 0.25) is 0 Å². The number of benzene rings is 4. The topological polar surface area (TPSA) is 65.2 Å². The molecule has 0 amide bonds. The number of nitrogens with zero attached hydrogens (tertiary/aromatic N) is 2. The summed E-state index contributed by atoms with van der Waals surface area (Å²) >= 11 is 0. The van der Waals surface area contributed by atoms with Crippen LogP contribution in [0.4, 0.5) is 11.4 Å². The van der Waals surface area contributed by atoms with Gasteiger partial charge in [0.05, 0.1) is 11.4 Å². The average molecular weight is 563 g/mol. The van der Waals surface area contributed by atoms with E-state index in [0.717, 1.165) is 44.4 Å². The Labute approximate surface area is 251 Å². The zero-order valence-electron chi connectivity index (χ0n) is 26.9. The maximum absolute atomic E-state index is 11.1. The largest absolute Gasteiger partial charge is 0.507 e. The molecule has 0 unspecified atom stereocenters.